The third kappa shape index (κ3) is 3.90. The Labute approximate surface area is 119 Å². The minimum Gasteiger partial charge on any atom is -0.404 e. The molecule has 1 aliphatic rings. The Balaban J connectivity index is 2.15. The van der Waals surface area contributed by atoms with Crippen molar-refractivity contribution in [2.24, 2.45) is 16.5 Å². The molecular formula is C16H22FN3. The molecular weight excluding hydrogens is 253 g/mol. The first-order valence-corrected chi connectivity index (χ1v) is 7.18. The summed E-state index contributed by atoms with van der Waals surface area (Å²) in [5, 5.41) is 0. The molecule has 108 valence electrons. The molecule has 0 spiro atoms. The Morgan fingerprint density at radius 2 is 2.00 bits per heavy atom. The summed E-state index contributed by atoms with van der Waals surface area (Å²) in [6, 6.07) is 5.14. The van der Waals surface area contributed by atoms with Gasteiger partial charge in [0.15, 0.2) is 0 Å². The highest BCUT2D eigenvalue weighted by Gasteiger charge is 2.11. The second-order valence-corrected chi connectivity index (χ2v) is 5.24. The standard InChI is InChI=1S/C16H22FN3/c17-15-7-12(9-18)6-13(8-15)14(10-19)11-20-16-4-2-1-3-5-16/h6-8,10-11,16H,1-5,9,18-19H2. The van der Waals surface area contributed by atoms with E-state index in [2.05, 4.69) is 4.99 Å². The number of nitrogens with zero attached hydrogens (tertiary/aromatic N) is 1. The van der Waals surface area contributed by atoms with Gasteiger partial charge < -0.3 is 11.5 Å². The topological polar surface area (TPSA) is 64.4 Å². The number of aliphatic imine (C=N–C) groups is 1. The zero-order chi connectivity index (χ0) is 14.4. The predicted octanol–water partition coefficient (Wildman–Crippen LogP) is 2.99. The second kappa shape index (κ2) is 7.20. The lowest BCUT2D eigenvalue weighted by atomic mass is 9.96. The number of hydrogen-bond donors (Lipinski definition) is 2. The van der Waals surface area contributed by atoms with Crippen LogP contribution in [-0.4, -0.2) is 12.3 Å². The maximum Gasteiger partial charge on any atom is 0.124 e. The van der Waals surface area contributed by atoms with Gasteiger partial charge in [-0.2, -0.15) is 0 Å². The quantitative estimate of drug-likeness (QED) is 0.830. The summed E-state index contributed by atoms with van der Waals surface area (Å²) < 4.78 is 13.5. The molecule has 4 heteroatoms. The Kier molecular flexibility index (Phi) is 5.30. The highest BCUT2D eigenvalue weighted by molar-refractivity contribution is 6.09. The average Bonchev–Trinajstić information content (AvgIpc) is 2.48. The number of nitrogens with two attached hydrogens (primary N) is 2. The number of benzene rings is 1. The molecule has 1 fully saturated rings. The SMILES string of the molecule is NC=C(C=NC1CCCCC1)c1cc(F)cc(CN)c1. The van der Waals surface area contributed by atoms with Crippen LogP contribution < -0.4 is 11.5 Å². The van der Waals surface area contributed by atoms with Crippen molar-refractivity contribution in [1.82, 2.24) is 0 Å². The summed E-state index contributed by atoms with van der Waals surface area (Å²) in [4.78, 5) is 4.59. The molecule has 0 saturated heterocycles. The highest BCUT2D eigenvalue weighted by Crippen LogP contribution is 2.21. The van der Waals surface area contributed by atoms with Gasteiger partial charge in [0, 0.05) is 30.6 Å². The van der Waals surface area contributed by atoms with Gasteiger partial charge in [-0.25, -0.2) is 4.39 Å². The fourth-order valence-electron chi connectivity index (χ4n) is 2.56. The van der Waals surface area contributed by atoms with Gasteiger partial charge in [0.05, 0.1) is 0 Å². The van der Waals surface area contributed by atoms with Crippen molar-refractivity contribution in [3.8, 4) is 0 Å². The van der Waals surface area contributed by atoms with E-state index in [1.54, 1.807) is 6.21 Å². The highest BCUT2D eigenvalue weighted by atomic mass is 19.1. The van der Waals surface area contributed by atoms with Gasteiger partial charge >= 0.3 is 0 Å². The van der Waals surface area contributed by atoms with Gasteiger partial charge in [-0.3, -0.25) is 4.99 Å². The van der Waals surface area contributed by atoms with Crippen LogP contribution >= 0.6 is 0 Å². The van der Waals surface area contributed by atoms with Crippen molar-refractivity contribution < 1.29 is 4.39 Å². The zero-order valence-electron chi connectivity index (χ0n) is 11.7. The molecule has 3 nitrogen and oxygen atoms in total. The summed E-state index contributed by atoms with van der Waals surface area (Å²) in [6.07, 6.45) is 9.28. The van der Waals surface area contributed by atoms with E-state index in [4.69, 9.17) is 11.5 Å². The number of allylic oxidation sites excluding steroid dienone is 1. The largest absolute Gasteiger partial charge is 0.404 e. The lowest BCUT2D eigenvalue weighted by Crippen LogP contribution is -2.10. The van der Waals surface area contributed by atoms with E-state index in [1.807, 2.05) is 6.07 Å². The summed E-state index contributed by atoms with van der Waals surface area (Å²) in [7, 11) is 0. The summed E-state index contributed by atoms with van der Waals surface area (Å²) >= 11 is 0. The van der Waals surface area contributed by atoms with Gasteiger partial charge in [-0.05, 0) is 42.2 Å². The lowest BCUT2D eigenvalue weighted by molar-refractivity contribution is 0.444. The number of hydrogen-bond acceptors (Lipinski definition) is 3. The molecule has 2 rings (SSSR count). The van der Waals surface area contributed by atoms with E-state index < -0.39 is 0 Å². The van der Waals surface area contributed by atoms with Crippen LogP contribution in [0.5, 0.6) is 0 Å². The fourth-order valence-corrected chi connectivity index (χ4v) is 2.56. The van der Waals surface area contributed by atoms with Crippen LogP contribution in [0, 0.1) is 5.82 Å². The Bertz CT molecular complexity index is 502. The predicted molar refractivity (Wildman–Crippen MR) is 81.8 cm³/mol. The van der Waals surface area contributed by atoms with E-state index in [0.717, 1.165) is 29.5 Å². The third-order valence-electron chi connectivity index (χ3n) is 3.71. The van der Waals surface area contributed by atoms with E-state index in [9.17, 15) is 4.39 Å². The average molecular weight is 275 g/mol. The Morgan fingerprint density at radius 3 is 2.65 bits per heavy atom. The lowest BCUT2D eigenvalue weighted by Gasteiger charge is -2.17. The van der Waals surface area contributed by atoms with Crippen molar-refractivity contribution in [3.63, 3.8) is 0 Å². The second-order valence-electron chi connectivity index (χ2n) is 5.24. The van der Waals surface area contributed by atoms with Gasteiger partial charge in [-0.1, -0.05) is 19.3 Å². The monoisotopic (exact) mass is 275 g/mol. The van der Waals surface area contributed by atoms with Crippen molar-refractivity contribution in [3.05, 3.63) is 41.3 Å². The Morgan fingerprint density at radius 1 is 1.25 bits per heavy atom. The van der Waals surface area contributed by atoms with Crippen LogP contribution in [0.4, 0.5) is 4.39 Å². The molecule has 0 bridgehead atoms. The first kappa shape index (κ1) is 14.7. The van der Waals surface area contributed by atoms with E-state index in [0.29, 0.717) is 12.6 Å². The molecule has 0 atom stereocenters. The minimum absolute atomic E-state index is 0.298. The third-order valence-corrected chi connectivity index (χ3v) is 3.71. The maximum absolute atomic E-state index is 13.5. The number of halogens is 1. The first-order valence-electron chi connectivity index (χ1n) is 7.18. The molecule has 0 aliphatic heterocycles. The Hall–Kier alpha value is -1.68. The van der Waals surface area contributed by atoms with Gasteiger partial charge in [0.25, 0.3) is 0 Å². The van der Waals surface area contributed by atoms with Crippen LogP contribution in [0.3, 0.4) is 0 Å². The van der Waals surface area contributed by atoms with Gasteiger partial charge in [0.1, 0.15) is 5.82 Å². The van der Waals surface area contributed by atoms with Crippen molar-refractivity contribution >= 4 is 11.8 Å². The fraction of sp³-hybridized carbons (Fsp3) is 0.438. The van der Waals surface area contributed by atoms with E-state index in [-0.39, 0.29) is 5.82 Å². The maximum atomic E-state index is 13.5. The van der Waals surface area contributed by atoms with Crippen LogP contribution in [-0.2, 0) is 6.54 Å². The van der Waals surface area contributed by atoms with E-state index >= 15 is 0 Å². The smallest absolute Gasteiger partial charge is 0.124 e. The molecule has 1 saturated carbocycles. The van der Waals surface area contributed by atoms with Gasteiger partial charge in [-0.15, -0.1) is 0 Å². The van der Waals surface area contributed by atoms with E-state index in [1.165, 1.54) is 37.6 Å². The molecule has 0 heterocycles. The van der Waals surface area contributed by atoms with Crippen molar-refractivity contribution in [1.29, 1.82) is 0 Å². The van der Waals surface area contributed by atoms with Crippen molar-refractivity contribution in [2.45, 2.75) is 44.7 Å². The summed E-state index contributed by atoms with van der Waals surface area (Å²) in [5.41, 5.74) is 13.4. The molecule has 0 radical (unpaired) electrons. The molecule has 1 aromatic rings. The van der Waals surface area contributed by atoms with Crippen LogP contribution in [0.25, 0.3) is 5.57 Å². The van der Waals surface area contributed by atoms with Crippen LogP contribution in [0.1, 0.15) is 43.2 Å². The van der Waals surface area contributed by atoms with Gasteiger partial charge in [0.2, 0.25) is 0 Å². The zero-order valence-corrected chi connectivity index (χ0v) is 11.7. The van der Waals surface area contributed by atoms with Crippen LogP contribution in [0.15, 0.2) is 29.4 Å². The molecule has 0 amide bonds. The first-order chi connectivity index (χ1) is 9.72. The van der Waals surface area contributed by atoms with Crippen LogP contribution in [0.2, 0.25) is 0 Å². The molecule has 4 N–H and O–H groups in total. The molecule has 1 aliphatic carbocycles. The summed E-state index contributed by atoms with van der Waals surface area (Å²) in [6.45, 7) is 0.308. The normalized spacial score (nSPS) is 17.8. The summed E-state index contributed by atoms with van der Waals surface area (Å²) in [5.74, 6) is -0.298. The minimum atomic E-state index is -0.298. The van der Waals surface area contributed by atoms with Crippen molar-refractivity contribution in [2.75, 3.05) is 0 Å². The molecule has 0 aromatic heterocycles. The molecule has 0 unspecified atom stereocenters. The number of rotatable bonds is 4. The molecule has 20 heavy (non-hydrogen) atoms. The molecule has 1 aromatic carbocycles.